The van der Waals surface area contributed by atoms with Crippen molar-refractivity contribution in [3.05, 3.63) is 43.0 Å². The standard InChI is InChI=1S/C17H25N5O3S/c1-14(2)21(3)26(24,25)16-7-5-15(6-8-16)20-17(23)19-9-4-11-22-12-10-18-13-22/h5-8,10,12-14H,4,9,11H2,1-3H3,(H2,19,20,23). The lowest BCUT2D eigenvalue weighted by Crippen LogP contribution is -2.33. The Hall–Kier alpha value is -2.39. The molecule has 0 aliphatic heterocycles. The van der Waals surface area contributed by atoms with Gasteiger partial charge < -0.3 is 15.2 Å². The maximum atomic E-state index is 12.4. The molecule has 0 fully saturated rings. The maximum Gasteiger partial charge on any atom is 0.319 e. The number of urea groups is 1. The van der Waals surface area contributed by atoms with E-state index in [0.29, 0.717) is 12.2 Å². The van der Waals surface area contributed by atoms with Crippen LogP contribution < -0.4 is 10.6 Å². The van der Waals surface area contributed by atoms with Crippen LogP contribution in [-0.2, 0) is 16.6 Å². The number of nitrogens with zero attached hydrogens (tertiary/aromatic N) is 3. The minimum atomic E-state index is -3.53. The zero-order chi connectivity index (χ0) is 19.2. The molecule has 2 aromatic rings. The number of aromatic nitrogens is 2. The summed E-state index contributed by atoms with van der Waals surface area (Å²) in [6.45, 7) is 4.92. The molecular formula is C17H25N5O3S. The molecule has 2 N–H and O–H groups in total. The van der Waals surface area contributed by atoms with E-state index in [9.17, 15) is 13.2 Å². The highest BCUT2D eigenvalue weighted by Crippen LogP contribution is 2.18. The average molecular weight is 379 g/mol. The monoisotopic (exact) mass is 379 g/mol. The molecule has 1 aromatic carbocycles. The van der Waals surface area contributed by atoms with E-state index in [0.717, 1.165) is 13.0 Å². The highest BCUT2D eigenvalue weighted by atomic mass is 32.2. The molecular weight excluding hydrogens is 354 g/mol. The second kappa shape index (κ2) is 8.81. The third-order valence-corrected chi connectivity index (χ3v) is 6.00. The van der Waals surface area contributed by atoms with E-state index in [4.69, 9.17) is 0 Å². The predicted molar refractivity (Wildman–Crippen MR) is 100 cm³/mol. The summed E-state index contributed by atoms with van der Waals surface area (Å²) in [5.74, 6) is 0. The third kappa shape index (κ3) is 5.30. The predicted octanol–water partition coefficient (Wildman–Crippen LogP) is 2.12. The normalized spacial score (nSPS) is 11.7. The Balaban J connectivity index is 1.83. The Morgan fingerprint density at radius 3 is 2.54 bits per heavy atom. The summed E-state index contributed by atoms with van der Waals surface area (Å²) in [6.07, 6.45) is 6.09. The van der Waals surface area contributed by atoms with Gasteiger partial charge in [-0.1, -0.05) is 0 Å². The SMILES string of the molecule is CC(C)N(C)S(=O)(=O)c1ccc(NC(=O)NCCCn2ccnc2)cc1. The van der Waals surface area contributed by atoms with Gasteiger partial charge in [0.05, 0.1) is 11.2 Å². The summed E-state index contributed by atoms with van der Waals surface area (Å²) in [6, 6.07) is 5.67. The van der Waals surface area contributed by atoms with Crippen molar-refractivity contribution in [2.75, 3.05) is 18.9 Å². The number of carbonyl (C=O) groups excluding carboxylic acids is 1. The molecule has 0 atom stereocenters. The van der Waals surface area contributed by atoms with Crippen molar-refractivity contribution in [2.24, 2.45) is 0 Å². The molecule has 2 amide bonds. The lowest BCUT2D eigenvalue weighted by atomic mass is 10.3. The van der Waals surface area contributed by atoms with Gasteiger partial charge in [0.25, 0.3) is 0 Å². The Bertz CT molecular complexity index is 801. The van der Waals surface area contributed by atoms with Crippen LogP contribution in [0.5, 0.6) is 0 Å². The van der Waals surface area contributed by atoms with Gasteiger partial charge in [0.2, 0.25) is 10.0 Å². The second-order valence-corrected chi connectivity index (χ2v) is 8.17. The number of benzene rings is 1. The van der Waals surface area contributed by atoms with Crippen molar-refractivity contribution < 1.29 is 13.2 Å². The Labute approximate surface area is 154 Å². The number of nitrogens with one attached hydrogen (secondary N) is 2. The summed E-state index contributed by atoms with van der Waals surface area (Å²) in [5, 5.41) is 5.45. The van der Waals surface area contributed by atoms with Crippen molar-refractivity contribution in [3.63, 3.8) is 0 Å². The van der Waals surface area contributed by atoms with E-state index >= 15 is 0 Å². The minimum absolute atomic E-state index is 0.133. The molecule has 1 aromatic heterocycles. The summed E-state index contributed by atoms with van der Waals surface area (Å²) >= 11 is 0. The average Bonchev–Trinajstić information content (AvgIpc) is 3.12. The van der Waals surface area contributed by atoms with Crippen LogP contribution in [0.3, 0.4) is 0 Å². The van der Waals surface area contributed by atoms with Gasteiger partial charge in [0.1, 0.15) is 0 Å². The molecule has 0 aliphatic rings. The molecule has 0 spiro atoms. The topological polar surface area (TPSA) is 96.3 Å². The zero-order valence-electron chi connectivity index (χ0n) is 15.2. The number of anilines is 1. The first-order valence-corrected chi connectivity index (χ1v) is 9.83. The van der Waals surface area contributed by atoms with Crippen molar-refractivity contribution >= 4 is 21.7 Å². The second-order valence-electron chi connectivity index (χ2n) is 6.17. The largest absolute Gasteiger partial charge is 0.338 e. The molecule has 0 saturated carbocycles. The van der Waals surface area contributed by atoms with Gasteiger partial charge in [-0.05, 0) is 44.5 Å². The molecule has 142 valence electrons. The van der Waals surface area contributed by atoms with Gasteiger partial charge in [0.15, 0.2) is 0 Å². The summed E-state index contributed by atoms with van der Waals surface area (Å²) in [7, 11) is -1.98. The molecule has 0 bridgehead atoms. The molecule has 26 heavy (non-hydrogen) atoms. The molecule has 9 heteroatoms. The van der Waals surface area contributed by atoms with Crippen LogP contribution in [-0.4, -0.2) is 47.9 Å². The van der Waals surface area contributed by atoms with E-state index < -0.39 is 10.0 Å². The minimum Gasteiger partial charge on any atom is -0.338 e. The fourth-order valence-electron chi connectivity index (χ4n) is 2.21. The van der Waals surface area contributed by atoms with Crippen molar-refractivity contribution in [2.45, 2.75) is 37.8 Å². The van der Waals surface area contributed by atoms with Gasteiger partial charge in [-0.3, -0.25) is 0 Å². The number of hydrogen-bond donors (Lipinski definition) is 2. The molecule has 0 radical (unpaired) electrons. The molecule has 8 nitrogen and oxygen atoms in total. The fraction of sp³-hybridized carbons (Fsp3) is 0.412. The van der Waals surface area contributed by atoms with E-state index in [1.807, 2.05) is 24.6 Å². The van der Waals surface area contributed by atoms with E-state index in [2.05, 4.69) is 15.6 Å². The van der Waals surface area contributed by atoms with Crippen LogP contribution in [0.15, 0.2) is 47.9 Å². The van der Waals surface area contributed by atoms with Crippen molar-refractivity contribution in [1.82, 2.24) is 19.2 Å². The van der Waals surface area contributed by atoms with Crippen LogP contribution in [0.25, 0.3) is 0 Å². The van der Waals surface area contributed by atoms with Crippen molar-refractivity contribution in [3.8, 4) is 0 Å². The van der Waals surface area contributed by atoms with Gasteiger partial charge in [-0.2, -0.15) is 4.31 Å². The van der Waals surface area contributed by atoms with Crippen LogP contribution in [0.2, 0.25) is 0 Å². The van der Waals surface area contributed by atoms with Crippen LogP contribution in [0, 0.1) is 0 Å². The molecule has 2 rings (SSSR count). The number of sulfonamides is 1. The summed E-state index contributed by atoms with van der Waals surface area (Å²) in [5.41, 5.74) is 0.531. The smallest absolute Gasteiger partial charge is 0.319 e. The Kier molecular flexibility index (Phi) is 6.76. The Morgan fingerprint density at radius 2 is 1.96 bits per heavy atom. The first-order valence-electron chi connectivity index (χ1n) is 8.39. The summed E-state index contributed by atoms with van der Waals surface area (Å²) in [4.78, 5) is 16.0. The number of hydrogen-bond acceptors (Lipinski definition) is 4. The van der Waals surface area contributed by atoms with Gasteiger partial charge in [-0.25, -0.2) is 18.2 Å². The van der Waals surface area contributed by atoms with E-state index in [1.165, 1.54) is 16.4 Å². The van der Waals surface area contributed by atoms with E-state index in [-0.39, 0.29) is 17.0 Å². The molecule has 0 unspecified atom stereocenters. The number of rotatable bonds is 8. The van der Waals surface area contributed by atoms with Gasteiger partial charge in [-0.15, -0.1) is 0 Å². The number of aryl methyl sites for hydroxylation is 1. The highest BCUT2D eigenvalue weighted by molar-refractivity contribution is 7.89. The van der Waals surface area contributed by atoms with Crippen molar-refractivity contribution in [1.29, 1.82) is 0 Å². The molecule has 0 saturated heterocycles. The van der Waals surface area contributed by atoms with Gasteiger partial charge in [0, 0.05) is 44.3 Å². The van der Waals surface area contributed by atoms with Gasteiger partial charge >= 0.3 is 6.03 Å². The maximum absolute atomic E-state index is 12.4. The van der Waals surface area contributed by atoms with Crippen LogP contribution in [0.1, 0.15) is 20.3 Å². The lowest BCUT2D eigenvalue weighted by molar-refractivity contribution is 0.252. The number of amides is 2. The lowest BCUT2D eigenvalue weighted by Gasteiger charge is -2.21. The van der Waals surface area contributed by atoms with Crippen LogP contribution >= 0.6 is 0 Å². The fourth-order valence-corrected chi connectivity index (χ4v) is 3.58. The molecule has 0 aliphatic carbocycles. The highest BCUT2D eigenvalue weighted by Gasteiger charge is 2.22. The first-order chi connectivity index (χ1) is 12.3. The first kappa shape index (κ1) is 19.9. The van der Waals surface area contributed by atoms with Crippen LogP contribution in [0.4, 0.5) is 10.5 Å². The quantitative estimate of drug-likeness (QED) is 0.687. The van der Waals surface area contributed by atoms with E-state index in [1.54, 1.807) is 31.7 Å². The number of carbonyl (C=O) groups is 1. The Morgan fingerprint density at radius 1 is 1.27 bits per heavy atom. The number of imidazole rings is 1. The third-order valence-electron chi connectivity index (χ3n) is 3.95. The molecule has 1 heterocycles. The zero-order valence-corrected chi connectivity index (χ0v) is 16.0. The summed E-state index contributed by atoms with van der Waals surface area (Å²) < 4.78 is 28.0.